The molecule has 10 aliphatic rings. The van der Waals surface area contributed by atoms with E-state index in [2.05, 4.69) is 48.5 Å². The first-order valence-electron chi connectivity index (χ1n) is 37.8. The Morgan fingerprint density at radius 1 is 0.385 bits per heavy atom. The summed E-state index contributed by atoms with van der Waals surface area (Å²) in [6, 6.07) is 79.8. The van der Waals surface area contributed by atoms with Crippen LogP contribution < -0.4 is 0 Å². The summed E-state index contributed by atoms with van der Waals surface area (Å²) in [6.45, 7) is 1.47. The molecular formula is C88H82F11O13S5+3. The molecule has 117 heavy (non-hydrogen) atoms. The summed E-state index contributed by atoms with van der Waals surface area (Å²) in [6.07, 6.45) is -2.60. The molecule has 2 aliphatic heterocycles. The van der Waals surface area contributed by atoms with Crippen molar-refractivity contribution in [1.29, 1.82) is 0 Å². The number of alkyl halides is 9. The van der Waals surface area contributed by atoms with Crippen LogP contribution in [0.4, 0.5) is 48.3 Å². The predicted molar refractivity (Wildman–Crippen MR) is 416 cm³/mol. The zero-order valence-electron chi connectivity index (χ0n) is 63.1. The average molecular weight is 1720 g/mol. The number of carbonyl (C=O) groups excluding carboxylic acids is 4. The van der Waals surface area contributed by atoms with Gasteiger partial charge in [0.2, 0.25) is 0 Å². The Morgan fingerprint density at radius 2 is 0.709 bits per heavy atom. The topological polar surface area (TPSA) is 183 Å². The number of rotatable bonds is 15. The normalized spacial score (nSPS) is 26.1. The van der Waals surface area contributed by atoms with E-state index >= 15 is 0 Å². The van der Waals surface area contributed by atoms with E-state index in [1.807, 2.05) is 152 Å². The van der Waals surface area contributed by atoms with E-state index < -0.39 is 119 Å². The Bertz CT molecular complexity index is 4960. The maximum Gasteiger partial charge on any atom is 0.416 e. The minimum absolute atomic E-state index is 0.0745. The second-order valence-electron chi connectivity index (χ2n) is 30.4. The molecule has 2 saturated heterocycles. The van der Waals surface area contributed by atoms with Gasteiger partial charge < -0.3 is 14.2 Å². The van der Waals surface area contributed by atoms with E-state index in [4.69, 9.17) is 22.6 Å². The van der Waals surface area contributed by atoms with Gasteiger partial charge in [0.25, 0.3) is 20.2 Å². The van der Waals surface area contributed by atoms with Crippen LogP contribution in [0.2, 0.25) is 0 Å². The lowest BCUT2D eigenvalue weighted by Crippen LogP contribution is -2.57. The molecule has 8 bridgehead atoms. The summed E-state index contributed by atoms with van der Waals surface area (Å²) in [5.41, 5.74) is -1.40. The Hall–Kier alpha value is -8.84. The molecule has 0 N–H and O–H groups in total. The van der Waals surface area contributed by atoms with Crippen LogP contribution in [0.25, 0.3) is 0 Å². The quantitative estimate of drug-likeness (QED) is 0.0311. The van der Waals surface area contributed by atoms with Crippen LogP contribution in [0.3, 0.4) is 0 Å². The number of carbonyl (C=O) groups is 4. The lowest BCUT2D eigenvalue weighted by Gasteiger charge is -2.54. The van der Waals surface area contributed by atoms with Gasteiger partial charge in [0, 0.05) is 68.4 Å². The molecule has 8 saturated carbocycles. The highest BCUT2D eigenvalue weighted by Crippen LogP contribution is 2.59. The predicted octanol–water partition coefficient (Wildman–Crippen LogP) is 19.4. The molecule has 0 radical (unpaired) electrons. The van der Waals surface area contributed by atoms with Gasteiger partial charge in [-0.3, -0.25) is 13.2 Å². The zero-order valence-corrected chi connectivity index (χ0v) is 67.2. The molecule has 12 atom stereocenters. The van der Waals surface area contributed by atoms with Crippen LogP contribution >= 0.6 is 0 Å². The lowest BCUT2D eigenvalue weighted by atomic mass is 9.53. The molecule has 12 unspecified atom stereocenters. The molecule has 0 amide bonds. The minimum atomic E-state index is -4.33. The van der Waals surface area contributed by atoms with Crippen molar-refractivity contribution in [2.24, 2.45) is 41.4 Å². The first-order chi connectivity index (χ1) is 55.4. The molecular weight excluding hydrogens is 1630 g/mol. The van der Waals surface area contributed by atoms with Gasteiger partial charge in [0.15, 0.2) is 44.1 Å². The molecule has 8 aliphatic carbocycles. The van der Waals surface area contributed by atoms with Crippen LogP contribution in [0.15, 0.2) is 299 Å². The number of halogens is 11. The van der Waals surface area contributed by atoms with Crippen LogP contribution in [0.5, 0.6) is 0 Å². The third-order valence-electron chi connectivity index (χ3n) is 22.0. The number of hydrogen-bond donors (Lipinski definition) is 0. The van der Waals surface area contributed by atoms with Gasteiger partial charge in [0.1, 0.15) is 47.4 Å². The van der Waals surface area contributed by atoms with Crippen molar-refractivity contribution < 1.29 is 107 Å². The Balaban J connectivity index is 0.000000122. The number of ketones is 1. The van der Waals surface area contributed by atoms with Gasteiger partial charge in [0.05, 0.1) is 48.7 Å². The van der Waals surface area contributed by atoms with Gasteiger partial charge in [-0.1, -0.05) is 121 Å². The van der Waals surface area contributed by atoms with Gasteiger partial charge in [-0.2, -0.15) is 56.3 Å². The number of ether oxygens (including phenoxy) is 3. The lowest BCUT2D eigenvalue weighted by molar-refractivity contribution is -0.207. The summed E-state index contributed by atoms with van der Waals surface area (Å²) >= 11 is 0. The standard InChI is InChI=1S/C19H14F3S.2C18H14FS.C13H16F2O3.2C10H12F2O5S/c20-19(21,22)15-8-7-13-18(14-15)23(16-9-3-1-4-10-16)17-11-5-2-6-12-17;19-15-8-7-13-18(14-15)20(16-9-3-1-4-10-16)17-11-5-2-6-12-17;19-15-11-13-18(14-12-15)20(16-7-3-1-4-8-16)17-9-5-2-6-10-17;1-12(14,15)11(17)18-13-4-7-2-8(5-13)10(16)9(3-7)6-13;2*1-10(11,12)9(13)16-7-4-2-5-6(3-4)18(14,15)17-8(5)7/h1-14H;2*1-14H;7-9H,2-6H2,1H3;2*4-8H,2-3H2,1H3/q3*+1;;;. The average Bonchev–Trinajstić information content (AvgIpc) is 1.53. The van der Waals surface area contributed by atoms with E-state index in [1.165, 1.54) is 49.9 Å². The SMILES string of the molecule is CC(F)(F)C(=O)OC12CC3CC(C1)C(=O)C(C3)C2.CC(F)(F)C(=O)OC1C2CC3C1OS(=O)(=O)C3C2.CC(F)(F)C(=O)OC1C2CC3C1OS(=O)(=O)C3C2.FC(F)(F)c1cccc([S+](c2ccccc2)c2ccccc2)c1.Fc1ccc([S+](c2ccccc2)c2ccccc2)cc1.Fc1cccc([S+](c2ccccc2)c2ccccc2)c1. The summed E-state index contributed by atoms with van der Waals surface area (Å²) in [4.78, 5) is 55.3. The third-order valence-corrected chi connectivity index (χ3v) is 32.2. The van der Waals surface area contributed by atoms with Gasteiger partial charge in [-0.25, -0.2) is 23.2 Å². The summed E-state index contributed by atoms with van der Waals surface area (Å²) in [7, 11) is -8.24. The molecule has 0 aromatic heterocycles. The molecule has 2 heterocycles. The van der Waals surface area contributed by atoms with Crippen LogP contribution in [0.1, 0.15) is 84.1 Å². The van der Waals surface area contributed by atoms with Crippen LogP contribution in [0, 0.1) is 53.1 Å². The third kappa shape index (κ3) is 20.0. The van der Waals surface area contributed by atoms with Crippen molar-refractivity contribution in [2.45, 2.75) is 187 Å². The summed E-state index contributed by atoms with van der Waals surface area (Å²) < 4.78 is 214. The van der Waals surface area contributed by atoms with Gasteiger partial charge in [-0.05, 0) is 185 Å². The fourth-order valence-electron chi connectivity index (χ4n) is 17.2. The van der Waals surface area contributed by atoms with Crippen molar-refractivity contribution in [3.63, 3.8) is 0 Å². The van der Waals surface area contributed by atoms with E-state index in [-0.39, 0.29) is 74.7 Å². The second-order valence-corrected chi connectivity index (χ2v) is 40.1. The van der Waals surface area contributed by atoms with Crippen molar-refractivity contribution >= 4 is 76.6 Å². The van der Waals surface area contributed by atoms with E-state index in [0.29, 0.717) is 76.5 Å². The molecule has 29 heteroatoms. The van der Waals surface area contributed by atoms with Crippen LogP contribution in [-0.4, -0.2) is 98.8 Å². The first kappa shape index (κ1) is 86.0. The highest BCUT2D eigenvalue weighted by atomic mass is 32.2. The van der Waals surface area contributed by atoms with Crippen molar-refractivity contribution in [3.8, 4) is 0 Å². The molecule has 19 rings (SSSR count). The van der Waals surface area contributed by atoms with Gasteiger partial charge >= 0.3 is 41.9 Å². The fraction of sp³-hybridized carbons (Fsp3) is 0.341. The van der Waals surface area contributed by atoms with Crippen molar-refractivity contribution in [1.82, 2.24) is 0 Å². The van der Waals surface area contributed by atoms with E-state index in [1.54, 1.807) is 18.2 Å². The highest BCUT2D eigenvalue weighted by molar-refractivity contribution is 7.97. The monoisotopic (exact) mass is 1720 g/mol. The zero-order chi connectivity index (χ0) is 83.6. The fourth-order valence-corrected chi connectivity index (χ4v) is 27.3. The Morgan fingerprint density at radius 3 is 1.05 bits per heavy atom. The largest absolute Gasteiger partial charge is 0.455 e. The number of hydrogen-bond acceptors (Lipinski definition) is 13. The molecule has 9 aromatic carbocycles. The maximum absolute atomic E-state index is 13.6. The smallest absolute Gasteiger partial charge is 0.416 e. The number of esters is 3. The second kappa shape index (κ2) is 35.2. The summed E-state index contributed by atoms with van der Waals surface area (Å²) in [5, 5.41) is -1.10. The summed E-state index contributed by atoms with van der Waals surface area (Å²) in [5.74, 6) is -16.0. The number of fused-ring (bicyclic) bond motifs is 2. The number of Topliss-reactive ketones (excluding diaryl/α,β-unsaturated/α-hetero) is 1. The van der Waals surface area contributed by atoms with Gasteiger partial charge in [-0.15, -0.1) is 0 Å². The van der Waals surface area contributed by atoms with Crippen molar-refractivity contribution in [3.05, 3.63) is 272 Å². The maximum atomic E-state index is 13.6. The van der Waals surface area contributed by atoms with E-state index in [9.17, 15) is 84.3 Å². The molecule has 9 aromatic rings. The molecule has 0 spiro atoms. The highest BCUT2D eigenvalue weighted by Gasteiger charge is 2.67. The van der Waals surface area contributed by atoms with Crippen molar-refractivity contribution in [2.75, 3.05) is 0 Å². The number of benzene rings is 9. The molecule has 616 valence electrons. The Kier molecular flexibility index (Phi) is 25.9. The van der Waals surface area contributed by atoms with Crippen LogP contribution in [-0.2, 0) is 101 Å². The molecule has 13 nitrogen and oxygen atoms in total. The van der Waals surface area contributed by atoms with E-state index in [0.717, 1.165) is 38.5 Å². The minimum Gasteiger partial charge on any atom is -0.455 e. The molecule has 10 fully saturated rings. The Labute approximate surface area is 679 Å². The first-order valence-corrected chi connectivity index (χ1v) is 44.4.